The number of hydrogen-bond donors (Lipinski definition) is 2. The summed E-state index contributed by atoms with van der Waals surface area (Å²) < 4.78 is 13.1. The van der Waals surface area contributed by atoms with Crippen LogP contribution in [0.15, 0.2) is 71.8 Å². The highest BCUT2D eigenvalue weighted by atomic mass is 127. The van der Waals surface area contributed by atoms with Gasteiger partial charge in [0.1, 0.15) is 12.4 Å². The van der Waals surface area contributed by atoms with E-state index in [9.17, 15) is 9.90 Å². The van der Waals surface area contributed by atoms with Gasteiger partial charge in [0.2, 0.25) is 5.91 Å². The summed E-state index contributed by atoms with van der Waals surface area (Å²) >= 11 is 2.24. The maximum absolute atomic E-state index is 12.7. The first-order valence-electron chi connectivity index (χ1n) is 15.0. The summed E-state index contributed by atoms with van der Waals surface area (Å²) in [7, 11) is 0. The van der Waals surface area contributed by atoms with E-state index in [1.165, 1.54) is 5.39 Å². The number of benzene rings is 4. The minimum absolute atomic E-state index is 0.182. The lowest BCUT2D eigenvalue weighted by molar-refractivity contribution is -0.121. The molecule has 0 aliphatic heterocycles. The highest BCUT2D eigenvalue weighted by Gasteiger charge is 2.26. The zero-order valence-corrected chi connectivity index (χ0v) is 28.9. The van der Waals surface area contributed by atoms with Gasteiger partial charge in [-0.05, 0) is 97.5 Å². The first-order valence-corrected chi connectivity index (χ1v) is 16.1. The van der Waals surface area contributed by atoms with Gasteiger partial charge in [-0.1, -0.05) is 96.1 Å². The highest BCUT2D eigenvalue weighted by molar-refractivity contribution is 14.1. The Balaban J connectivity index is 1.43. The van der Waals surface area contributed by atoms with Crippen LogP contribution in [-0.2, 0) is 28.7 Å². The molecule has 0 aliphatic rings. The van der Waals surface area contributed by atoms with Crippen LogP contribution in [0.25, 0.3) is 10.8 Å². The fourth-order valence-corrected chi connectivity index (χ4v) is 5.89. The average molecular weight is 707 g/mol. The molecule has 0 saturated heterocycles. The highest BCUT2D eigenvalue weighted by Crippen LogP contribution is 2.40. The number of hydrazone groups is 1. The summed E-state index contributed by atoms with van der Waals surface area (Å²) in [5.74, 6) is 1.47. The molecule has 0 saturated carbocycles. The number of carbonyl (C=O) groups excluding carboxylic acids is 1. The molecule has 0 spiro atoms. The van der Waals surface area contributed by atoms with Crippen molar-refractivity contribution in [3.05, 3.63) is 98.1 Å². The molecule has 4 rings (SSSR count). The van der Waals surface area contributed by atoms with E-state index in [1.807, 2.05) is 49.4 Å². The average Bonchev–Trinajstić information content (AvgIpc) is 2.95. The second kappa shape index (κ2) is 14.0. The molecule has 4 aromatic rings. The van der Waals surface area contributed by atoms with E-state index in [2.05, 4.69) is 98.9 Å². The van der Waals surface area contributed by atoms with Crippen LogP contribution in [0, 0.1) is 3.57 Å². The topological polar surface area (TPSA) is 80.2 Å². The first kappa shape index (κ1) is 33.3. The van der Waals surface area contributed by atoms with Crippen molar-refractivity contribution in [2.24, 2.45) is 5.10 Å². The van der Waals surface area contributed by atoms with Gasteiger partial charge >= 0.3 is 0 Å². The summed E-state index contributed by atoms with van der Waals surface area (Å²) in [6.45, 7) is 15.3. The Morgan fingerprint density at radius 2 is 1.59 bits per heavy atom. The van der Waals surface area contributed by atoms with Gasteiger partial charge in [0, 0.05) is 6.42 Å². The molecule has 4 aromatic carbocycles. The molecule has 0 aliphatic carbocycles. The molecule has 2 N–H and O–H groups in total. The molecule has 0 aromatic heterocycles. The Morgan fingerprint density at radius 1 is 0.932 bits per heavy atom. The van der Waals surface area contributed by atoms with E-state index in [1.54, 1.807) is 6.21 Å². The molecule has 6 nitrogen and oxygen atoms in total. The first-order chi connectivity index (χ1) is 20.8. The van der Waals surface area contributed by atoms with Crippen LogP contribution in [0.5, 0.6) is 17.2 Å². The van der Waals surface area contributed by atoms with Gasteiger partial charge in [-0.3, -0.25) is 4.79 Å². The molecule has 0 unspecified atom stereocenters. The third kappa shape index (κ3) is 8.31. The number of phenolic OH excluding ortho intramolecular Hbond substituents is 1. The van der Waals surface area contributed by atoms with Gasteiger partial charge in [-0.25, -0.2) is 5.43 Å². The van der Waals surface area contributed by atoms with Crippen LogP contribution in [0.3, 0.4) is 0 Å². The molecular formula is C37H43IN2O4. The van der Waals surface area contributed by atoms with Crippen LogP contribution in [-0.4, -0.2) is 23.8 Å². The van der Waals surface area contributed by atoms with Crippen molar-refractivity contribution in [1.29, 1.82) is 0 Å². The Morgan fingerprint density at radius 3 is 2.25 bits per heavy atom. The van der Waals surface area contributed by atoms with Crippen molar-refractivity contribution in [3.8, 4) is 17.2 Å². The molecule has 0 heterocycles. The molecule has 0 fully saturated rings. The lowest BCUT2D eigenvalue weighted by Crippen LogP contribution is -2.20. The summed E-state index contributed by atoms with van der Waals surface area (Å²) in [6, 6.07) is 22.3. The zero-order valence-electron chi connectivity index (χ0n) is 26.8. The number of rotatable bonds is 10. The fourth-order valence-electron chi connectivity index (χ4n) is 5.11. The Hall–Kier alpha value is -3.59. The molecule has 0 bridgehead atoms. The van der Waals surface area contributed by atoms with Crippen molar-refractivity contribution in [2.45, 2.75) is 78.7 Å². The zero-order chi connectivity index (χ0) is 32.1. The predicted molar refractivity (Wildman–Crippen MR) is 188 cm³/mol. The number of hydrogen-bond acceptors (Lipinski definition) is 5. The van der Waals surface area contributed by atoms with Crippen LogP contribution in [0.2, 0.25) is 0 Å². The lowest BCUT2D eigenvalue weighted by Gasteiger charge is -2.28. The van der Waals surface area contributed by atoms with Gasteiger partial charge in [0.15, 0.2) is 11.5 Å². The molecule has 0 atom stereocenters. The van der Waals surface area contributed by atoms with E-state index in [0.717, 1.165) is 36.8 Å². The van der Waals surface area contributed by atoms with Gasteiger partial charge in [0.05, 0.1) is 16.4 Å². The number of ether oxygens (including phenoxy) is 2. The molecule has 7 heteroatoms. The normalized spacial score (nSPS) is 12.1. The van der Waals surface area contributed by atoms with E-state index < -0.39 is 0 Å². The van der Waals surface area contributed by atoms with Crippen molar-refractivity contribution >= 4 is 45.5 Å². The minimum atomic E-state index is -0.221. The quantitative estimate of drug-likeness (QED) is 0.0982. The summed E-state index contributed by atoms with van der Waals surface area (Å²) in [4.78, 5) is 12.7. The van der Waals surface area contributed by atoms with Crippen LogP contribution in [0.1, 0.15) is 82.7 Å². The number of aromatic hydroxyl groups is 1. The van der Waals surface area contributed by atoms with Crippen molar-refractivity contribution in [2.75, 3.05) is 6.61 Å². The third-order valence-corrected chi connectivity index (χ3v) is 8.21. The minimum Gasteiger partial charge on any atom is -0.507 e. The number of phenols is 1. The Labute approximate surface area is 275 Å². The summed E-state index contributed by atoms with van der Waals surface area (Å²) in [5.41, 5.74) is 6.91. The monoisotopic (exact) mass is 706 g/mol. The Bertz CT molecular complexity index is 1620. The maximum Gasteiger partial charge on any atom is 0.240 e. The van der Waals surface area contributed by atoms with Gasteiger partial charge in [-0.2, -0.15) is 5.10 Å². The number of nitrogens with one attached hydrogen (secondary N) is 1. The van der Waals surface area contributed by atoms with Crippen LogP contribution < -0.4 is 14.9 Å². The van der Waals surface area contributed by atoms with Gasteiger partial charge in [0.25, 0.3) is 0 Å². The second-order valence-electron chi connectivity index (χ2n) is 13.0. The van der Waals surface area contributed by atoms with E-state index in [-0.39, 0.29) is 23.2 Å². The van der Waals surface area contributed by atoms with E-state index >= 15 is 0 Å². The van der Waals surface area contributed by atoms with Gasteiger partial charge < -0.3 is 14.6 Å². The molecule has 232 valence electrons. The maximum atomic E-state index is 12.7. The van der Waals surface area contributed by atoms with Crippen molar-refractivity contribution in [3.63, 3.8) is 0 Å². The fraction of sp³-hybridized carbons (Fsp3) is 0.351. The molecule has 0 radical (unpaired) electrons. The SMILES string of the molecule is CCOc1cc(/C=N\NC(=O)CCc2cc(C(C)(C)C)c(O)c(C(C)(C)C)c2)cc(I)c1OCc1cccc2ccccc12. The standard InChI is InChI=1S/C37H43IN2O4/c1-8-43-32-21-25(20-31(38)35(32)44-23-27-14-11-13-26-12-9-10-15-28(26)27)22-39-40-33(41)17-16-24-18-29(36(2,3)4)34(42)30(19-24)37(5,6)7/h9-15,18-22,42H,8,16-17,23H2,1-7H3,(H,40,41)/b39-22-. The lowest BCUT2D eigenvalue weighted by atomic mass is 9.78. The Kier molecular flexibility index (Phi) is 10.6. The summed E-state index contributed by atoms with van der Waals surface area (Å²) in [6.07, 6.45) is 2.44. The number of amides is 1. The number of nitrogens with zero attached hydrogens (tertiary/aromatic N) is 1. The summed E-state index contributed by atoms with van der Waals surface area (Å²) in [5, 5.41) is 17.5. The van der Waals surface area contributed by atoms with Crippen LogP contribution >= 0.6 is 22.6 Å². The number of halogens is 1. The third-order valence-electron chi connectivity index (χ3n) is 7.41. The largest absolute Gasteiger partial charge is 0.507 e. The van der Waals surface area contributed by atoms with Gasteiger partial charge in [-0.15, -0.1) is 0 Å². The van der Waals surface area contributed by atoms with Crippen LogP contribution in [0.4, 0.5) is 0 Å². The molecule has 44 heavy (non-hydrogen) atoms. The number of carbonyl (C=O) groups is 1. The smallest absolute Gasteiger partial charge is 0.240 e. The second-order valence-corrected chi connectivity index (χ2v) is 14.2. The van der Waals surface area contributed by atoms with E-state index in [0.29, 0.717) is 36.9 Å². The molecular weight excluding hydrogens is 663 g/mol. The molecule has 1 amide bonds. The predicted octanol–water partition coefficient (Wildman–Crippen LogP) is 8.81. The van der Waals surface area contributed by atoms with Crippen molar-refractivity contribution in [1.82, 2.24) is 5.43 Å². The van der Waals surface area contributed by atoms with E-state index in [4.69, 9.17) is 9.47 Å². The number of fused-ring (bicyclic) bond motifs is 1. The number of aryl methyl sites for hydroxylation is 1. The van der Waals surface area contributed by atoms with Crippen molar-refractivity contribution < 1.29 is 19.4 Å².